The Morgan fingerprint density at radius 3 is 2.37 bits per heavy atom. The summed E-state index contributed by atoms with van der Waals surface area (Å²) in [7, 11) is -3.21. The number of sulfonamides is 1. The molecule has 5 rings (SSSR count). The molecule has 0 N–H and O–H groups in total. The van der Waals surface area contributed by atoms with E-state index in [9.17, 15) is 8.42 Å². The van der Waals surface area contributed by atoms with Crippen LogP contribution in [0.2, 0.25) is 0 Å². The van der Waals surface area contributed by atoms with E-state index in [1.807, 2.05) is 0 Å². The van der Waals surface area contributed by atoms with Crippen molar-refractivity contribution in [2.24, 2.45) is 5.41 Å². The Balaban J connectivity index is 1.36. The predicted octanol–water partition coefficient (Wildman–Crippen LogP) is 2.33. The molecule has 2 aliphatic carbocycles. The first-order valence-corrected chi connectivity index (χ1v) is 12.3. The first-order chi connectivity index (χ1) is 12.9. The lowest BCUT2D eigenvalue weighted by molar-refractivity contribution is -0.0399. The molecule has 4 aliphatic rings. The number of hydrogen-bond acceptors (Lipinski definition) is 6. The first-order valence-electron chi connectivity index (χ1n) is 10.5. The van der Waals surface area contributed by atoms with Gasteiger partial charge in [0.1, 0.15) is 0 Å². The van der Waals surface area contributed by atoms with Crippen LogP contribution in [0.3, 0.4) is 0 Å². The van der Waals surface area contributed by atoms with Gasteiger partial charge in [0.25, 0.3) is 0 Å². The van der Waals surface area contributed by atoms with E-state index < -0.39 is 10.0 Å². The summed E-state index contributed by atoms with van der Waals surface area (Å²) in [6.07, 6.45) is 11.5. The Labute approximate surface area is 161 Å². The Kier molecular flexibility index (Phi) is 4.37. The molecule has 1 aromatic rings. The van der Waals surface area contributed by atoms with E-state index in [1.54, 1.807) is 4.31 Å². The second kappa shape index (κ2) is 6.52. The van der Waals surface area contributed by atoms with E-state index in [1.165, 1.54) is 44.8 Å². The smallest absolute Gasteiger partial charge is 0.231 e. The SMILES string of the molecule is CS(=O)(=O)N1CC(c2nc(C3CC3)no2)C2(CN(C3CCCCCC3)C2)C1. The molecular weight excluding hydrogens is 364 g/mol. The van der Waals surface area contributed by atoms with Crippen molar-refractivity contribution in [3.63, 3.8) is 0 Å². The average molecular weight is 395 g/mol. The van der Waals surface area contributed by atoms with Crippen LogP contribution in [0, 0.1) is 5.41 Å². The standard InChI is InChI=1S/C19H30N4O3S/c1-27(24,25)23-10-16(18-20-17(21-26-18)14-8-9-14)19(13-23)11-22(12-19)15-6-4-2-3-5-7-15/h14-16H,2-13H2,1H3. The van der Waals surface area contributed by atoms with Gasteiger partial charge in [-0.25, -0.2) is 12.7 Å². The normalized spacial score (nSPS) is 30.5. The van der Waals surface area contributed by atoms with Gasteiger partial charge in [0, 0.05) is 43.6 Å². The van der Waals surface area contributed by atoms with Gasteiger partial charge in [-0.05, 0) is 25.7 Å². The zero-order valence-corrected chi connectivity index (χ0v) is 17.0. The number of rotatable bonds is 4. The van der Waals surface area contributed by atoms with Crippen LogP contribution in [0.5, 0.6) is 0 Å². The third-order valence-corrected chi connectivity index (χ3v) is 8.38. The Bertz CT molecular complexity index is 790. The van der Waals surface area contributed by atoms with Gasteiger partial charge < -0.3 is 4.52 Å². The van der Waals surface area contributed by atoms with Crippen molar-refractivity contribution >= 4 is 10.0 Å². The molecule has 0 aromatic carbocycles. The molecule has 0 amide bonds. The summed E-state index contributed by atoms with van der Waals surface area (Å²) in [6.45, 7) is 2.97. The highest BCUT2D eigenvalue weighted by atomic mass is 32.2. The van der Waals surface area contributed by atoms with Gasteiger partial charge in [-0.15, -0.1) is 0 Å². The number of nitrogens with zero attached hydrogens (tertiary/aromatic N) is 4. The van der Waals surface area contributed by atoms with Crippen molar-refractivity contribution < 1.29 is 12.9 Å². The average Bonchev–Trinajstić information content (AvgIpc) is 3.26. The molecule has 1 spiro atoms. The third-order valence-electron chi connectivity index (χ3n) is 7.16. The minimum absolute atomic E-state index is 0.0225. The molecule has 150 valence electrons. The fourth-order valence-corrected chi connectivity index (χ4v) is 6.29. The lowest BCUT2D eigenvalue weighted by Gasteiger charge is -2.53. The van der Waals surface area contributed by atoms with E-state index in [0.717, 1.165) is 31.8 Å². The highest BCUT2D eigenvalue weighted by Crippen LogP contribution is 2.51. The monoisotopic (exact) mass is 394 g/mol. The Morgan fingerprint density at radius 1 is 1.04 bits per heavy atom. The van der Waals surface area contributed by atoms with Crippen LogP contribution in [0.25, 0.3) is 0 Å². The van der Waals surface area contributed by atoms with Crippen LogP contribution in [-0.2, 0) is 10.0 Å². The highest BCUT2D eigenvalue weighted by Gasteiger charge is 2.59. The first kappa shape index (κ1) is 18.1. The van der Waals surface area contributed by atoms with E-state index in [2.05, 4.69) is 15.0 Å². The molecule has 1 atom stereocenters. The van der Waals surface area contributed by atoms with Crippen LogP contribution in [0.15, 0.2) is 4.52 Å². The quantitative estimate of drug-likeness (QED) is 0.729. The van der Waals surface area contributed by atoms with E-state index in [-0.39, 0.29) is 11.3 Å². The fourth-order valence-electron chi connectivity index (χ4n) is 5.38. The van der Waals surface area contributed by atoms with Gasteiger partial charge in [-0.3, -0.25) is 4.90 Å². The zero-order chi connectivity index (χ0) is 18.6. The van der Waals surface area contributed by atoms with E-state index in [0.29, 0.717) is 30.9 Å². The zero-order valence-electron chi connectivity index (χ0n) is 16.1. The molecule has 2 aliphatic heterocycles. The predicted molar refractivity (Wildman–Crippen MR) is 101 cm³/mol. The van der Waals surface area contributed by atoms with Crippen molar-refractivity contribution in [1.82, 2.24) is 19.3 Å². The van der Waals surface area contributed by atoms with Crippen LogP contribution in [0.4, 0.5) is 0 Å². The summed E-state index contributed by atoms with van der Waals surface area (Å²) in [4.78, 5) is 7.27. The van der Waals surface area contributed by atoms with E-state index in [4.69, 9.17) is 4.52 Å². The summed E-state index contributed by atoms with van der Waals surface area (Å²) in [5.41, 5.74) is -0.0667. The van der Waals surface area contributed by atoms with Gasteiger partial charge >= 0.3 is 0 Å². The van der Waals surface area contributed by atoms with Crippen LogP contribution in [0.1, 0.15) is 74.9 Å². The van der Waals surface area contributed by atoms with Gasteiger partial charge in [0.2, 0.25) is 15.9 Å². The maximum atomic E-state index is 12.2. The third kappa shape index (κ3) is 3.34. The van der Waals surface area contributed by atoms with Gasteiger partial charge in [0.15, 0.2) is 5.82 Å². The maximum Gasteiger partial charge on any atom is 0.231 e. The molecular formula is C19H30N4O3S. The Morgan fingerprint density at radius 2 is 1.74 bits per heavy atom. The van der Waals surface area contributed by atoms with Crippen molar-refractivity contribution in [2.75, 3.05) is 32.4 Å². The molecule has 2 saturated heterocycles. The summed E-state index contributed by atoms with van der Waals surface area (Å²) >= 11 is 0. The molecule has 3 heterocycles. The van der Waals surface area contributed by atoms with Crippen molar-refractivity contribution in [3.05, 3.63) is 11.7 Å². The van der Waals surface area contributed by atoms with Gasteiger partial charge in [0.05, 0.1) is 12.2 Å². The highest BCUT2D eigenvalue weighted by molar-refractivity contribution is 7.88. The molecule has 4 fully saturated rings. The minimum atomic E-state index is -3.21. The largest absolute Gasteiger partial charge is 0.339 e. The van der Waals surface area contributed by atoms with Crippen molar-refractivity contribution in [2.45, 2.75) is 69.2 Å². The van der Waals surface area contributed by atoms with Crippen LogP contribution < -0.4 is 0 Å². The van der Waals surface area contributed by atoms with Gasteiger partial charge in [-0.2, -0.15) is 4.98 Å². The number of likely N-dealkylation sites (tertiary alicyclic amines) is 1. The minimum Gasteiger partial charge on any atom is -0.339 e. The molecule has 7 nitrogen and oxygen atoms in total. The summed E-state index contributed by atoms with van der Waals surface area (Å²) in [6, 6.07) is 0.663. The van der Waals surface area contributed by atoms with Crippen LogP contribution >= 0.6 is 0 Å². The lowest BCUT2D eigenvalue weighted by Crippen LogP contribution is -2.62. The molecule has 27 heavy (non-hydrogen) atoms. The van der Waals surface area contributed by atoms with Crippen LogP contribution in [-0.4, -0.2) is 66.2 Å². The summed E-state index contributed by atoms with van der Waals surface area (Å²) in [5.74, 6) is 1.95. The molecule has 8 heteroatoms. The van der Waals surface area contributed by atoms with E-state index >= 15 is 0 Å². The van der Waals surface area contributed by atoms with Crippen molar-refractivity contribution in [3.8, 4) is 0 Å². The van der Waals surface area contributed by atoms with Gasteiger partial charge in [-0.1, -0.05) is 30.8 Å². The topological polar surface area (TPSA) is 79.5 Å². The maximum absolute atomic E-state index is 12.2. The lowest BCUT2D eigenvalue weighted by atomic mass is 9.70. The molecule has 2 saturated carbocycles. The number of hydrogen-bond donors (Lipinski definition) is 0. The molecule has 1 aromatic heterocycles. The molecule has 1 unspecified atom stereocenters. The molecule has 0 bridgehead atoms. The number of aromatic nitrogens is 2. The fraction of sp³-hybridized carbons (Fsp3) is 0.895. The molecule has 0 radical (unpaired) electrons. The second-order valence-electron chi connectivity index (χ2n) is 9.29. The Hall–Kier alpha value is -0.990. The summed E-state index contributed by atoms with van der Waals surface area (Å²) < 4.78 is 31.7. The summed E-state index contributed by atoms with van der Waals surface area (Å²) in [5, 5.41) is 4.19. The second-order valence-corrected chi connectivity index (χ2v) is 11.3. The van der Waals surface area contributed by atoms with Crippen molar-refractivity contribution in [1.29, 1.82) is 0 Å².